The van der Waals surface area contributed by atoms with Gasteiger partial charge in [-0.3, -0.25) is 14.5 Å². The van der Waals surface area contributed by atoms with Crippen LogP contribution in [-0.2, 0) is 6.42 Å². The standard InChI is InChI=1S/C21H13ClFN3O3S/c1-2-15-24-25-21(30-15)26-17(10-3-5-11(22)6-4-10)16-18(27)13-9-12(23)7-8-14(13)29-19(16)20(26)28/h3-9,17H,2H2,1H3. The zero-order valence-corrected chi connectivity index (χ0v) is 17.1. The van der Waals surface area contributed by atoms with Crippen LogP contribution in [0.4, 0.5) is 9.52 Å². The predicted octanol–water partition coefficient (Wildman–Crippen LogP) is 4.75. The molecule has 4 aromatic rings. The van der Waals surface area contributed by atoms with Crippen LogP contribution in [-0.4, -0.2) is 16.1 Å². The largest absolute Gasteiger partial charge is 0.450 e. The van der Waals surface area contributed by atoms with E-state index in [0.29, 0.717) is 22.1 Å². The molecule has 0 fully saturated rings. The molecule has 0 radical (unpaired) electrons. The monoisotopic (exact) mass is 441 g/mol. The molecular weight excluding hydrogens is 429 g/mol. The van der Waals surface area contributed by atoms with Gasteiger partial charge in [0.05, 0.1) is 17.0 Å². The number of hydrogen-bond acceptors (Lipinski definition) is 6. The van der Waals surface area contributed by atoms with Gasteiger partial charge in [0, 0.05) is 5.02 Å². The lowest BCUT2D eigenvalue weighted by Gasteiger charge is -2.22. The van der Waals surface area contributed by atoms with Crippen molar-refractivity contribution in [3.63, 3.8) is 0 Å². The normalized spacial score (nSPS) is 15.8. The van der Waals surface area contributed by atoms with Gasteiger partial charge in [-0.15, -0.1) is 10.2 Å². The van der Waals surface area contributed by atoms with Crippen LogP contribution in [0, 0.1) is 5.82 Å². The van der Waals surface area contributed by atoms with Crippen molar-refractivity contribution < 1.29 is 13.6 Å². The highest BCUT2D eigenvalue weighted by Crippen LogP contribution is 2.42. The van der Waals surface area contributed by atoms with Crippen LogP contribution >= 0.6 is 22.9 Å². The molecule has 1 aliphatic heterocycles. The molecule has 1 unspecified atom stereocenters. The van der Waals surface area contributed by atoms with Crippen molar-refractivity contribution in [2.24, 2.45) is 0 Å². The number of nitrogens with zero attached hydrogens (tertiary/aromatic N) is 3. The van der Waals surface area contributed by atoms with E-state index in [4.69, 9.17) is 16.0 Å². The van der Waals surface area contributed by atoms with E-state index in [0.717, 1.165) is 11.1 Å². The molecule has 9 heteroatoms. The Bertz CT molecular complexity index is 1370. The smallest absolute Gasteiger partial charge is 0.297 e. The molecular formula is C21H13ClFN3O3S. The fraction of sp³-hybridized carbons (Fsp3) is 0.143. The number of halogens is 2. The van der Waals surface area contributed by atoms with E-state index >= 15 is 0 Å². The highest BCUT2D eigenvalue weighted by atomic mass is 35.5. The topological polar surface area (TPSA) is 76.3 Å². The maximum atomic E-state index is 13.8. The number of carbonyl (C=O) groups excluding carboxylic acids is 1. The third-order valence-corrected chi connectivity index (χ3v) is 6.30. The number of hydrogen-bond donors (Lipinski definition) is 0. The Labute approximate surface area is 178 Å². The van der Waals surface area contributed by atoms with Crippen molar-refractivity contribution in [2.75, 3.05) is 4.90 Å². The Morgan fingerprint density at radius 3 is 2.63 bits per heavy atom. The SMILES string of the molecule is CCc1nnc(N2C(=O)c3oc4ccc(F)cc4c(=O)c3C2c2ccc(Cl)cc2)s1. The van der Waals surface area contributed by atoms with E-state index in [1.165, 1.54) is 28.4 Å². The zero-order chi connectivity index (χ0) is 21.0. The van der Waals surface area contributed by atoms with E-state index in [-0.39, 0.29) is 22.3 Å². The van der Waals surface area contributed by atoms with E-state index in [1.54, 1.807) is 24.3 Å². The lowest BCUT2D eigenvalue weighted by Crippen LogP contribution is -2.29. The molecule has 6 nitrogen and oxygen atoms in total. The highest BCUT2D eigenvalue weighted by Gasteiger charge is 2.45. The van der Waals surface area contributed by atoms with Gasteiger partial charge in [-0.1, -0.05) is 42.0 Å². The molecule has 2 aromatic heterocycles. The van der Waals surface area contributed by atoms with Gasteiger partial charge in [0.1, 0.15) is 16.4 Å². The van der Waals surface area contributed by atoms with Gasteiger partial charge in [-0.25, -0.2) is 4.39 Å². The van der Waals surface area contributed by atoms with Crippen molar-refractivity contribution in [1.29, 1.82) is 0 Å². The molecule has 3 heterocycles. The van der Waals surface area contributed by atoms with Crippen LogP contribution in [0.3, 0.4) is 0 Å². The number of aryl methyl sites for hydroxylation is 1. The van der Waals surface area contributed by atoms with Gasteiger partial charge in [0.15, 0.2) is 5.43 Å². The van der Waals surface area contributed by atoms with Crippen LogP contribution in [0.5, 0.6) is 0 Å². The minimum Gasteiger partial charge on any atom is -0.450 e. The summed E-state index contributed by atoms with van der Waals surface area (Å²) >= 11 is 7.30. The zero-order valence-electron chi connectivity index (χ0n) is 15.6. The first kappa shape index (κ1) is 18.9. The molecule has 5 rings (SSSR count). The molecule has 0 N–H and O–H groups in total. The molecule has 1 aliphatic rings. The van der Waals surface area contributed by atoms with E-state index in [9.17, 15) is 14.0 Å². The fourth-order valence-electron chi connectivity index (χ4n) is 3.59. The van der Waals surface area contributed by atoms with Crippen molar-refractivity contribution >= 4 is 44.9 Å². The van der Waals surface area contributed by atoms with Gasteiger partial charge in [-0.05, 0) is 42.3 Å². The summed E-state index contributed by atoms with van der Waals surface area (Å²) < 4.78 is 19.6. The fourth-order valence-corrected chi connectivity index (χ4v) is 4.52. The van der Waals surface area contributed by atoms with E-state index in [2.05, 4.69) is 10.2 Å². The van der Waals surface area contributed by atoms with Gasteiger partial charge in [0.25, 0.3) is 5.91 Å². The Kier molecular flexibility index (Phi) is 4.41. The summed E-state index contributed by atoms with van der Waals surface area (Å²) in [7, 11) is 0. The van der Waals surface area contributed by atoms with Crippen molar-refractivity contribution in [1.82, 2.24) is 10.2 Å². The second kappa shape index (κ2) is 7.00. The lowest BCUT2D eigenvalue weighted by molar-refractivity contribution is 0.0970. The average Bonchev–Trinajstić information content (AvgIpc) is 3.32. The number of rotatable bonds is 3. The summed E-state index contributed by atoms with van der Waals surface area (Å²) in [4.78, 5) is 28.1. The summed E-state index contributed by atoms with van der Waals surface area (Å²) in [5, 5.41) is 9.97. The first-order chi connectivity index (χ1) is 14.5. The Morgan fingerprint density at radius 1 is 1.17 bits per heavy atom. The quantitative estimate of drug-likeness (QED) is 0.458. The van der Waals surface area contributed by atoms with Gasteiger partial charge in [-0.2, -0.15) is 0 Å². The summed E-state index contributed by atoms with van der Waals surface area (Å²) in [6.07, 6.45) is 0.665. The minimum atomic E-state index is -0.786. The summed E-state index contributed by atoms with van der Waals surface area (Å²) in [5.74, 6) is -1.13. The van der Waals surface area contributed by atoms with Crippen LogP contribution in [0.1, 0.15) is 39.7 Å². The minimum absolute atomic E-state index is 0.0766. The third-order valence-electron chi connectivity index (χ3n) is 4.98. The molecule has 150 valence electrons. The first-order valence-corrected chi connectivity index (χ1v) is 10.3. The van der Waals surface area contributed by atoms with Crippen LogP contribution in [0.2, 0.25) is 5.02 Å². The number of carbonyl (C=O) groups is 1. The molecule has 0 saturated carbocycles. The number of benzene rings is 2. The van der Waals surface area contributed by atoms with E-state index in [1.807, 2.05) is 6.92 Å². The highest BCUT2D eigenvalue weighted by molar-refractivity contribution is 7.15. The average molecular weight is 442 g/mol. The van der Waals surface area contributed by atoms with Crippen LogP contribution in [0.15, 0.2) is 51.7 Å². The van der Waals surface area contributed by atoms with Crippen molar-refractivity contribution in [3.05, 3.63) is 85.4 Å². The molecule has 0 spiro atoms. The third kappa shape index (κ3) is 2.83. The van der Waals surface area contributed by atoms with Gasteiger partial charge >= 0.3 is 0 Å². The molecule has 0 saturated heterocycles. The molecule has 1 amide bonds. The maximum absolute atomic E-state index is 13.8. The van der Waals surface area contributed by atoms with Crippen LogP contribution < -0.4 is 10.3 Å². The Hall–Kier alpha value is -3.10. The number of fused-ring (bicyclic) bond motifs is 2. The van der Waals surface area contributed by atoms with E-state index < -0.39 is 23.2 Å². The summed E-state index contributed by atoms with van der Waals surface area (Å²) in [5.41, 5.74) is 0.495. The summed E-state index contributed by atoms with van der Waals surface area (Å²) in [6.45, 7) is 1.94. The number of amides is 1. The molecule has 2 aromatic carbocycles. The predicted molar refractivity (Wildman–Crippen MR) is 112 cm³/mol. The van der Waals surface area contributed by atoms with Gasteiger partial charge in [0.2, 0.25) is 10.9 Å². The molecule has 0 bridgehead atoms. The van der Waals surface area contributed by atoms with Gasteiger partial charge < -0.3 is 4.42 Å². The number of aromatic nitrogens is 2. The Balaban J connectivity index is 1.80. The van der Waals surface area contributed by atoms with Crippen LogP contribution in [0.25, 0.3) is 11.0 Å². The van der Waals surface area contributed by atoms with Crippen molar-refractivity contribution in [3.8, 4) is 0 Å². The molecule has 1 atom stereocenters. The molecule has 30 heavy (non-hydrogen) atoms. The maximum Gasteiger partial charge on any atom is 0.297 e. The molecule has 0 aliphatic carbocycles. The van der Waals surface area contributed by atoms with Crippen molar-refractivity contribution in [2.45, 2.75) is 19.4 Å². The lowest BCUT2D eigenvalue weighted by atomic mass is 9.99. The summed E-state index contributed by atoms with van der Waals surface area (Å²) in [6, 6.07) is 9.69. The second-order valence-electron chi connectivity index (χ2n) is 6.78. The second-order valence-corrected chi connectivity index (χ2v) is 8.25. The first-order valence-electron chi connectivity index (χ1n) is 9.15. The Morgan fingerprint density at radius 2 is 1.93 bits per heavy atom. The number of anilines is 1.